The van der Waals surface area contributed by atoms with Crippen molar-refractivity contribution in [3.8, 4) is 6.07 Å². The maximum atomic E-state index is 12.2. The highest BCUT2D eigenvalue weighted by Gasteiger charge is 2.13. The quantitative estimate of drug-likeness (QED) is 0.496. The number of urea groups is 1. The van der Waals surface area contributed by atoms with Crippen LogP contribution in [-0.2, 0) is 0 Å². The van der Waals surface area contributed by atoms with Crippen LogP contribution in [0.4, 0.5) is 16.2 Å². The van der Waals surface area contributed by atoms with E-state index < -0.39 is 11.0 Å². The van der Waals surface area contributed by atoms with Gasteiger partial charge in [0.15, 0.2) is 0 Å². The zero-order valence-corrected chi connectivity index (χ0v) is 12.5. The Kier molecular flexibility index (Phi) is 5.63. The second-order valence-corrected chi connectivity index (χ2v) is 4.53. The highest BCUT2D eigenvalue weighted by Crippen LogP contribution is 2.16. The molecule has 122 valence electrons. The van der Waals surface area contributed by atoms with E-state index in [0.29, 0.717) is 11.4 Å². The molecule has 2 amide bonds. The Labute approximate surface area is 136 Å². The van der Waals surface area contributed by atoms with Crippen LogP contribution in [0.1, 0.15) is 12.2 Å². The van der Waals surface area contributed by atoms with E-state index in [0.717, 1.165) is 5.01 Å². The Morgan fingerprint density at radius 1 is 1.42 bits per heavy atom. The molecule has 24 heavy (non-hydrogen) atoms. The highest BCUT2D eigenvalue weighted by atomic mass is 16.6. The van der Waals surface area contributed by atoms with E-state index in [2.05, 4.69) is 10.4 Å². The minimum Gasteiger partial charge on any atom is -0.463 e. The van der Waals surface area contributed by atoms with E-state index in [4.69, 9.17) is 9.68 Å². The molecule has 2 rings (SSSR count). The second-order valence-electron chi connectivity index (χ2n) is 4.53. The lowest BCUT2D eigenvalue weighted by Crippen LogP contribution is -2.31. The Bertz CT molecular complexity index is 762. The molecule has 1 aromatic carbocycles. The van der Waals surface area contributed by atoms with Gasteiger partial charge in [0.1, 0.15) is 5.76 Å². The SMILES string of the molecule is N#CCCN(/N=C/c1ccco1)C(=O)Nc1ccc([N+](=O)[O-])cc1. The summed E-state index contributed by atoms with van der Waals surface area (Å²) in [5.74, 6) is 0.458. The van der Waals surface area contributed by atoms with Gasteiger partial charge < -0.3 is 9.73 Å². The lowest BCUT2D eigenvalue weighted by atomic mass is 10.3. The lowest BCUT2D eigenvalue weighted by molar-refractivity contribution is -0.384. The van der Waals surface area contributed by atoms with E-state index in [1.54, 1.807) is 12.1 Å². The van der Waals surface area contributed by atoms with E-state index in [1.165, 1.54) is 36.7 Å². The summed E-state index contributed by atoms with van der Waals surface area (Å²) in [6.45, 7) is 0.0898. The number of non-ortho nitro benzene ring substituents is 1. The molecule has 0 saturated heterocycles. The molecule has 2 aromatic rings. The van der Waals surface area contributed by atoms with Gasteiger partial charge in [0.25, 0.3) is 5.69 Å². The van der Waals surface area contributed by atoms with Gasteiger partial charge in [-0.15, -0.1) is 0 Å². The average Bonchev–Trinajstić information content (AvgIpc) is 3.08. The maximum absolute atomic E-state index is 12.2. The van der Waals surface area contributed by atoms with E-state index in [9.17, 15) is 14.9 Å². The zero-order chi connectivity index (χ0) is 17.4. The van der Waals surface area contributed by atoms with Gasteiger partial charge in [-0.3, -0.25) is 10.1 Å². The van der Waals surface area contributed by atoms with Crippen molar-refractivity contribution in [1.29, 1.82) is 5.26 Å². The molecule has 0 atom stereocenters. The molecule has 0 saturated carbocycles. The number of hydrogen-bond acceptors (Lipinski definition) is 6. The molecule has 1 N–H and O–H groups in total. The molecule has 0 unspecified atom stereocenters. The Hall–Kier alpha value is -3.67. The molecule has 1 heterocycles. The first-order chi connectivity index (χ1) is 11.6. The minimum atomic E-state index is -0.568. The van der Waals surface area contributed by atoms with E-state index >= 15 is 0 Å². The normalized spacial score (nSPS) is 10.3. The summed E-state index contributed by atoms with van der Waals surface area (Å²) in [6, 6.07) is 10.1. The summed E-state index contributed by atoms with van der Waals surface area (Å²) in [5.41, 5.74) is 0.297. The predicted octanol–water partition coefficient (Wildman–Crippen LogP) is 2.97. The molecule has 9 heteroatoms. The number of nitro groups is 1. The van der Waals surface area contributed by atoms with Crippen LogP contribution in [0.5, 0.6) is 0 Å². The van der Waals surface area contributed by atoms with Crippen molar-refractivity contribution < 1.29 is 14.1 Å². The molecule has 0 fully saturated rings. The molecule has 9 nitrogen and oxygen atoms in total. The molecular formula is C15H13N5O4. The number of carbonyl (C=O) groups excluding carboxylic acids is 1. The molecule has 0 aliphatic heterocycles. The van der Waals surface area contributed by atoms with Crippen molar-refractivity contribution in [1.82, 2.24) is 5.01 Å². The van der Waals surface area contributed by atoms with Crippen LogP contribution in [0.3, 0.4) is 0 Å². The number of carbonyl (C=O) groups is 1. The van der Waals surface area contributed by atoms with Gasteiger partial charge in [0, 0.05) is 17.8 Å². The number of nitrogens with one attached hydrogen (secondary N) is 1. The summed E-state index contributed by atoms with van der Waals surface area (Å²) >= 11 is 0. The van der Waals surface area contributed by atoms with Crippen molar-refractivity contribution in [3.63, 3.8) is 0 Å². The predicted molar refractivity (Wildman–Crippen MR) is 85.4 cm³/mol. The van der Waals surface area contributed by atoms with Gasteiger partial charge in [0.05, 0.1) is 36.4 Å². The number of nitrogens with zero attached hydrogens (tertiary/aromatic N) is 4. The lowest BCUT2D eigenvalue weighted by Gasteiger charge is -2.16. The van der Waals surface area contributed by atoms with Crippen molar-refractivity contribution in [2.75, 3.05) is 11.9 Å². The first-order valence-corrected chi connectivity index (χ1v) is 6.87. The molecule has 0 bridgehead atoms. The Morgan fingerprint density at radius 3 is 2.75 bits per heavy atom. The van der Waals surface area contributed by atoms with Crippen molar-refractivity contribution in [3.05, 3.63) is 58.5 Å². The van der Waals surface area contributed by atoms with Crippen molar-refractivity contribution >= 4 is 23.6 Å². The van der Waals surface area contributed by atoms with Gasteiger partial charge in [-0.25, -0.2) is 9.80 Å². The topological polar surface area (TPSA) is 125 Å². The third kappa shape index (κ3) is 4.67. The van der Waals surface area contributed by atoms with Gasteiger partial charge in [-0.2, -0.15) is 10.4 Å². The highest BCUT2D eigenvalue weighted by molar-refractivity contribution is 5.90. The molecular weight excluding hydrogens is 314 g/mol. The fourth-order valence-corrected chi connectivity index (χ4v) is 1.71. The van der Waals surface area contributed by atoms with Crippen LogP contribution < -0.4 is 5.32 Å². The number of hydrogen-bond donors (Lipinski definition) is 1. The summed E-state index contributed by atoms with van der Waals surface area (Å²) < 4.78 is 5.09. The van der Waals surface area contributed by atoms with Crippen LogP contribution >= 0.6 is 0 Å². The van der Waals surface area contributed by atoms with Gasteiger partial charge in [0.2, 0.25) is 0 Å². The van der Waals surface area contributed by atoms with Crippen LogP contribution in [-0.4, -0.2) is 28.7 Å². The molecule has 0 radical (unpaired) electrons. The van der Waals surface area contributed by atoms with Crippen LogP contribution in [0.25, 0.3) is 0 Å². The van der Waals surface area contributed by atoms with Crippen molar-refractivity contribution in [2.24, 2.45) is 5.10 Å². The average molecular weight is 327 g/mol. The van der Waals surface area contributed by atoms with Crippen LogP contribution in [0.15, 0.2) is 52.2 Å². The molecule has 0 aliphatic carbocycles. The third-order valence-electron chi connectivity index (χ3n) is 2.87. The number of benzene rings is 1. The number of amides is 2. The van der Waals surface area contributed by atoms with E-state index in [1.807, 2.05) is 6.07 Å². The number of nitriles is 1. The fourth-order valence-electron chi connectivity index (χ4n) is 1.71. The number of hydrazone groups is 1. The van der Waals surface area contributed by atoms with Crippen LogP contribution in [0, 0.1) is 21.4 Å². The zero-order valence-electron chi connectivity index (χ0n) is 12.5. The van der Waals surface area contributed by atoms with Gasteiger partial charge in [-0.05, 0) is 24.3 Å². The number of rotatable bonds is 6. The van der Waals surface area contributed by atoms with Crippen LogP contribution in [0.2, 0.25) is 0 Å². The molecule has 1 aromatic heterocycles. The van der Waals surface area contributed by atoms with Crippen molar-refractivity contribution in [2.45, 2.75) is 6.42 Å². The summed E-state index contributed by atoms with van der Waals surface area (Å²) in [5, 5.41) is 26.9. The smallest absolute Gasteiger partial charge is 0.342 e. The summed E-state index contributed by atoms with van der Waals surface area (Å²) in [6.07, 6.45) is 2.92. The molecule has 0 aliphatic rings. The Balaban J connectivity index is 2.06. The van der Waals surface area contributed by atoms with Gasteiger partial charge >= 0.3 is 6.03 Å². The third-order valence-corrected chi connectivity index (χ3v) is 2.87. The number of nitro benzene ring substituents is 1. The standard InChI is InChI=1S/C15H13N5O4/c16-8-2-9-19(17-11-14-3-1-10-24-14)15(21)18-12-4-6-13(7-5-12)20(22)23/h1,3-7,10-11H,2,9H2,(H,18,21)/b17-11+. The second kappa shape index (κ2) is 8.09. The fraction of sp³-hybridized carbons (Fsp3) is 0.133. The molecule has 0 spiro atoms. The maximum Gasteiger partial charge on any atom is 0.342 e. The van der Waals surface area contributed by atoms with Gasteiger partial charge in [-0.1, -0.05) is 0 Å². The summed E-state index contributed by atoms with van der Waals surface area (Å²) in [7, 11) is 0. The summed E-state index contributed by atoms with van der Waals surface area (Å²) in [4.78, 5) is 22.3. The number of furan rings is 1. The minimum absolute atomic E-state index is 0.0785. The first kappa shape index (κ1) is 16.7. The number of anilines is 1. The largest absolute Gasteiger partial charge is 0.463 e. The first-order valence-electron chi connectivity index (χ1n) is 6.87. The Morgan fingerprint density at radius 2 is 2.17 bits per heavy atom. The van der Waals surface area contributed by atoms with E-state index in [-0.39, 0.29) is 18.7 Å². The monoisotopic (exact) mass is 327 g/mol.